The van der Waals surface area contributed by atoms with E-state index in [0.717, 1.165) is 11.3 Å². The number of rotatable bonds is 4. The van der Waals surface area contributed by atoms with E-state index in [2.05, 4.69) is 41.1 Å². The lowest BCUT2D eigenvalue weighted by atomic mass is 10.0. The molecule has 0 bridgehead atoms. The number of likely N-dealkylation sites (tertiary alicyclic amines) is 1. The van der Waals surface area contributed by atoms with Gasteiger partial charge in [-0.1, -0.05) is 18.2 Å². The van der Waals surface area contributed by atoms with E-state index in [-0.39, 0.29) is 0 Å². The Balaban J connectivity index is 1.88. The molecule has 110 valence electrons. The van der Waals surface area contributed by atoms with Gasteiger partial charge in [0, 0.05) is 17.8 Å². The maximum Gasteiger partial charge on any atom is 0.137 e. The third-order valence-electron chi connectivity index (χ3n) is 4.34. The zero-order chi connectivity index (χ0) is 14.7. The van der Waals surface area contributed by atoms with Crippen LogP contribution in [-0.4, -0.2) is 30.1 Å². The minimum atomic E-state index is 0.478. The minimum Gasteiger partial charge on any atom is -0.495 e. The summed E-state index contributed by atoms with van der Waals surface area (Å²) in [6.07, 6.45) is 6.27. The quantitative estimate of drug-likeness (QED) is 0.850. The van der Waals surface area contributed by atoms with Gasteiger partial charge in [0.15, 0.2) is 0 Å². The molecule has 0 saturated carbocycles. The first-order valence-electron chi connectivity index (χ1n) is 7.61. The van der Waals surface area contributed by atoms with Crippen molar-refractivity contribution >= 4 is 0 Å². The number of methoxy groups -OCH3 is 1. The minimum absolute atomic E-state index is 0.478. The lowest BCUT2D eigenvalue weighted by Gasteiger charge is -2.24. The molecule has 1 aromatic carbocycles. The van der Waals surface area contributed by atoms with Gasteiger partial charge in [-0.3, -0.25) is 9.88 Å². The molecule has 1 saturated heterocycles. The first-order valence-corrected chi connectivity index (χ1v) is 7.61. The predicted molar refractivity (Wildman–Crippen MR) is 85.4 cm³/mol. The highest BCUT2D eigenvalue weighted by atomic mass is 16.5. The topological polar surface area (TPSA) is 25.4 Å². The molecule has 1 aromatic heterocycles. The van der Waals surface area contributed by atoms with Gasteiger partial charge >= 0.3 is 0 Å². The number of nitrogens with zero attached hydrogens (tertiary/aromatic N) is 2. The van der Waals surface area contributed by atoms with Gasteiger partial charge in [-0.15, -0.1) is 0 Å². The van der Waals surface area contributed by atoms with Crippen LogP contribution >= 0.6 is 0 Å². The third-order valence-corrected chi connectivity index (χ3v) is 4.34. The maximum atomic E-state index is 5.26. The molecule has 1 aliphatic heterocycles. The molecule has 0 spiro atoms. The molecule has 1 fully saturated rings. The van der Waals surface area contributed by atoms with Crippen LogP contribution in [0, 0.1) is 0 Å². The van der Waals surface area contributed by atoms with Crippen LogP contribution in [0.1, 0.15) is 31.4 Å². The van der Waals surface area contributed by atoms with E-state index in [0.29, 0.717) is 6.04 Å². The van der Waals surface area contributed by atoms with E-state index in [1.807, 2.05) is 12.3 Å². The van der Waals surface area contributed by atoms with Crippen molar-refractivity contribution in [3.8, 4) is 16.9 Å². The molecule has 1 atom stereocenters. The number of ether oxygens (including phenoxy) is 1. The monoisotopic (exact) mass is 282 g/mol. The highest BCUT2D eigenvalue weighted by Crippen LogP contribution is 2.29. The Bertz CT molecular complexity index is 606. The lowest BCUT2D eigenvalue weighted by molar-refractivity contribution is 0.263. The molecule has 2 aromatic rings. The molecule has 0 N–H and O–H groups in total. The molecule has 1 unspecified atom stereocenters. The lowest BCUT2D eigenvalue weighted by Crippen LogP contribution is -2.23. The van der Waals surface area contributed by atoms with Crippen molar-refractivity contribution in [1.82, 2.24) is 9.88 Å². The van der Waals surface area contributed by atoms with Crippen molar-refractivity contribution in [1.29, 1.82) is 0 Å². The number of aromatic nitrogens is 1. The molecular formula is C18H22N2O. The molecule has 21 heavy (non-hydrogen) atoms. The summed E-state index contributed by atoms with van der Waals surface area (Å²) in [5.41, 5.74) is 3.67. The second-order valence-electron chi connectivity index (χ2n) is 5.66. The molecule has 0 radical (unpaired) electrons. The standard InChI is InChI=1S/C18H22N2O/c1-14(20-8-3-4-9-20)15-6-5-7-16(10-15)17-11-18(21-2)13-19-12-17/h5-7,10-14H,3-4,8-9H2,1-2H3. The second kappa shape index (κ2) is 6.27. The number of pyridine rings is 1. The van der Waals surface area contributed by atoms with E-state index in [1.165, 1.54) is 37.1 Å². The van der Waals surface area contributed by atoms with Crippen LogP contribution in [0.4, 0.5) is 0 Å². The summed E-state index contributed by atoms with van der Waals surface area (Å²) < 4.78 is 5.26. The van der Waals surface area contributed by atoms with E-state index in [9.17, 15) is 0 Å². The van der Waals surface area contributed by atoms with Gasteiger partial charge in [0.05, 0.1) is 13.3 Å². The van der Waals surface area contributed by atoms with Crippen LogP contribution in [0.2, 0.25) is 0 Å². The maximum absolute atomic E-state index is 5.26. The van der Waals surface area contributed by atoms with Crippen molar-refractivity contribution in [2.24, 2.45) is 0 Å². The average molecular weight is 282 g/mol. The van der Waals surface area contributed by atoms with Gasteiger partial charge in [0.1, 0.15) is 5.75 Å². The smallest absolute Gasteiger partial charge is 0.137 e. The molecular weight excluding hydrogens is 260 g/mol. The van der Waals surface area contributed by atoms with Crippen LogP contribution in [0.5, 0.6) is 5.75 Å². The van der Waals surface area contributed by atoms with Crippen molar-refractivity contribution in [3.63, 3.8) is 0 Å². The molecule has 1 aliphatic rings. The number of hydrogen-bond acceptors (Lipinski definition) is 3. The molecule has 2 heterocycles. The molecule has 0 aliphatic carbocycles. The van der Waals surface area contributed by atoms with Gasteiger partial charge in [-0.05, 0) is 56.1 Å². The second-order valence-corrected chi connectivity index (χ2v) is 5.66. The Morgan fingerprint density at radius 1 is 1.10 bits per heavy atom. The summed E-state index contributed by atoms with van der Waals surface area (Å²) in [4.78, 5) is 6.81. The fourth-order valence-electron chi connectivity index (χ4n) is 3.01. The van der Waals surface area contributed by atoms with Crippen LogP contribution in [0.3, 0.4) is 0 Å². The molecule has 3 nitrogen and oxygen atoms in total. The highest BCUT2D eigenvalue weighted by molar-refractivity contribution is 5.64. The molecule has 0 amide bonds. The Morgan fingerprint density at radius 3 is 2.67 bits per heavy atom. The Labute approximate surface area is 126 Å². The van der Waals surface area contributed by atoms with Gasteiger partial charge in [-0.2, -0.15) is 0 Å². The zero-order valence-electron chi connectivity index (χ0n) is 12.7. The zero-order valence-corrected chi connectivity index (χ0v) is 12.7. The predicted octanol–water partition coefficient (Wildman–Crippen LogP) is 3.91. The normalized spacial score (nSPS) is 16.9. The van der Waals surface area contributed by atoms with Gasteiger partial charge in [-0.25, -0.2) is 0 Å². The summed E-state index contributed by atoms with van der Waals surface area (Å²) in [7, 11) is 1.67. The van der Waals surface area contributed by atoms with Gasteiger partial charge < -0.3 is 4.74 Å². The van der Waals surface area contributed by atoms with E-state index < -0.39 is 0 Å². The van der Waals surface area contributed by atoms with Crippen LogP contribution in [0.25, 0.3) is 11.1 Å². The van der Waals surface area contributed by atoms with Crippen LogP contribution in [-0.2, 0) is 0 Å². The van der Waals surface area contributed by atoms with Crippen molar-refractivity contribution < 1.29 is 4.74 Å². The van der Waals surface area contributed by atoms with E-state index in [1.54, 1.807) is 13.3 Å². The van der Waals surface area contributed by atoms with Crippen LogP contribution < -0.4 is 4.74 Å². The van der Waals surface area contributed by atoms with Gasteiger partial charge in [0.2, 0.25) is 0 Å². The number of hydrogen-bond donors (Lipinski definition) is 0. The van der Waals surface area contributed by atoms with Crippen molar-refractivity contribution in [3.05, 3.63) is 48.3 Å². The Kier molecular flexibility index (Phi) is 4.20. The van der Waals surface area contributed by atoms with Crippen molar-refractivity contribution in [2.75, 3.05) is 20.2 Å². The van der Waals surface area contributed by atoms with E-state index in [4.69, 9.17) is 4.74 Å². The Hall–Kier alpha value is -1.87. The summed E-state index contributed by atoms with van der Waals surface area (Å²) in [5.74, 6) is 0.797. The fraction of sp³-hybridized carbons (Fsp3) is 0.389. The summed E-state index contributed by atoms with van der Waals surface area (Å²) in [5, 5.41) is 0. The highest BCUT2D eigenvalue weighted by Gasteiger charge is 2.19. The first-order chi connectivity index (χ1) is 10.3. The first kappa shape index (κ1) is 14.1. The summed E-state index contributed by atoms with van der Waals surface area (Å²) >= 11 is 0. The molecule has 3 rings (SSSR count). The Morgan fingerprint density at radius 2 is 1.90 bits per heavy atom. The number of benzene rings is 1. The summed E-state index contributed by atoms with van der Waals surface area (Å²) in [6.45, 7) is 4.73. The fourth-order valence-corrected chi connectivity index (χ4v) is 3.01. The van der Waals surface area contributed by atoms with E-state index >= 15 is 0 Å². The van der Waals surface area contributed by atoms with Crippen molar-refractivity contribution in [2.45, 2.75) is 25.8 Å². The largest absolute Gasteiger partial charge is 0.495 e. The SMILES string of the molecule is COc1cncc(-c2cccc(C(C)N3CCCC3)c2)c1. The summed E-state index contributed by atoms with van der Waals surface area (Å²) in [6, 6.07) is 11.3. The average Bonchev–Trinajstić information content (AvgIpc) is 3.09. The third kappa shape index (κ3) is 3.08. The van der Waals surface area contributed by atoms with Gasteiger partial charge in [0.25, 0.3) is 0 Å². The molecule has 3 heteroatoms. The van der Waals surface area contributed by atoms with Crippen LogP contribution in [0.15, 0.2) is 42.7 Å².